The summed E-state index contributed by atoms with van der Waals surface area (Å²) < 4.78 is 0. The number of carbonyl (C=O) groups is 1. The third-order valence-electron chi connectivity index (χ3n) is 5.22. The van der Waals surface area contributed by atoms with E-state index in [4.69, 9.17) is 16.9 Å². The van der Waals surface area contributed by atoms with E-state index >= 15 is 0 Å². The Morgan fingerprint density at radius 1 is 1.50 bits per heavy atom. The van der Waals surface area contributed by atoms with E-state index in [-0.39, 0.29) is 23.7 Å². The van der Waals surface area contributed by atoms with Gasteiger partial charge in [0.05, 0.1) is 5.84 Å². The van der Waals surface area contributed by atoms with Gasteiger partial charge in [-0.25, -0.2) is 0 Å². The summed E-state index contributed by atoms with van der Waals surface area (Å²) in [6.07, 6.45) is 6.03. The zero-order valence-electron chi connectivity index (χ0n) is 14.2. The van der Waals surface area contributed by atoms with E-state index in [0.717, 1.165) is 25.7 Å². The number of hydrogen-bond donors (Lipinski definition) is 4. The van der Waals surface area contributed by atoms with Gasteiger partial charge in [0.25, 0.3) is 0 Å². The summed E-state index contributed by atoms with van der Waals surface area (Å²) in [4.78, 5) is 11.7. The van der Waals surface area contributed by atoms with Gasteiger partial charge in [-0.1, -0.05) is 32.8 Å². The van der Waals surface area contributed by atoms with Crippen LogP contribution in [0.1, 0.15) is 52.9 Å². The second-order valence-corrected chi connectivity index (χ2v) is 6.73. The van der Waals surface area contributed by atoms with Gasteiger partial charge in [-0.3, -0.25) is 10.2 Å². The zero-order chi connectivity index (χ0) is 16.9. The van der Waals surface area contributed by atoms with Crippen LogP contribution in [-0.2, 0) is 4.79 Å². The van der Waals surface area contributed by atoms with Crippen LogP contribution in [0.15, 0.2) is 12.7 Å². The van der Waals surface area contributed by atoms with E-state index < -0.39 is 5.54 Å². The van der Waals surface area contributed by atoms with Crippen LogP contribution in [0, 0.1) is 23.2 Å². The minimum absolute atomic E-state index is 0.0506. The van der Waals surface area contributed by atoms with Crippen molar-refractivity contribution in [1.29, 1.82) is 5.41 Å². The van der Waals surface area contributed by atoms with Gasteiger partial charge in [-0.15, -0.1) is 6.58 Å². The van der Waals surface area contributed by atoms with Gasteiger partial charge in [-0.2, -0.15) is 0 Å². The van der Waals surface area contributed by atoms with Crippen molar-refractivity contribution in [2.24, 2.45) is 29.2 Å². The number of nitrogens with one attached hydrogen (secondary N) is 2. The van der Waals surface area contributed by atoms with Gasteiger partial charge < -0.3 is 16.8 Å². The predicted molar refractivity (Wildman–Crippen MR) is 91.5 cm³/mol. The fourth-order valence-electron chi connectivity index (χ4n) is 4.06. The van der Waals surface area contributed by atoms with Crippen molar-refractivity contribution in [2.45, 2.75) is 64.5 Å². The van der Waals surface area contributed by atoms with E-state index in [0.29, 0.717) is 18.3 Å². The summed E-state index contributed by atoms with van der Waals surface area (Å²) in [5, 5.41) is 10.8. The highest BCUT2D eigenvalue weighted by molar-refractivity contribution is 5.77. The zero-order valence-corrected chi connectivity index (χ0v) is 14.2. The minimum atomic E-state index is -0.535. The first-order chi connectivity index (χ1) is 10.3. The van der Waals surface area contributed by atoms with Crippen molar-refractivity contribution in [3.63, 3.8) is 0 Å². The SMILES string of the molecule is C=CC1CC(CC(=N)N)C(N)(C(NC(C)=O)C(CC)CC)C1. The van der Waals surface area contributed by atoms with Gasteiger partial charge in [-0.05, 0) is 30.6 Å². The number of rotatable bonds is 8. The Balaban J connectivity index is 3.16. The molecule has 1 saturated carbocycles. The molecule has 1 fully saturated rings. The molecule has 5 heteroatoms. The van der Waals surface area contributed by atoms with Crippen LogP contribution in [0.3, 0.4) is 0 Å². The van der Waals surface area contributed by atoms with Crippen LogP contribution in [0.5, 0.6) is 0 Å². The minimum Gasteiger partial charge on any atom is -0.388 e. The lowest BCUT2D eigenvalue weighted by Gasteiger charge is -2.43. The molecule has 0 aromatic rings. The molecule has 22 heavy (non-hydrogen) atoms. The maximum Gasteiger partial charge on any atom is 0.217 e. The summed E-state index contributed by atoms with van der Waals surface area (Å²) in [6, 6.07) is -0.0886. The average Bonchev–Trinajstić information content (AvgIpc) is 2.75. The largest absolute Gasteiger partial charge is 0.388 e. The summed E-state index contributed by atoms with van der Waals surface area (Å²) in [5.41, 5.74) is 11.9. The Morgan fingerprint density at radius 3 is 2.50 bits per heavy atom. The van der Waals surface area contributed by atoms with Crippen LogP contribution < -0.4 is 16.8 Å². The number of allylic oxidation sites excluding steroid dienone is 1. The highest BCUT2D eigenvalue weighted by Crippen LogP contribution is 2.45. The van der Waals surface area contributed by atoms with E-state index in [1.807, 2.05) is 6.08 Å². The fourth-order valence-corrected chi connectivity index (χ4v) is 4.06. The molecule has 1 aliphatic rings. The second kappa shape index (κ2) is 7.77. The van der Waals surface area contributed by atoms with Crippen molar-refractivity contribution >= 4 is 11.7 Å². The first kappa shape index (κ1) is 18.7. The molecule has 0 aromatic carbocycles. The number of nitrogens with two attached hydrogens (primary N) is 2. The normalized spacial score (nSPS) is 29.3. The van der Waals surface area contributed by atoms with E-state index in [1.54, 1.807) is 6.92 Å². The third kappa shape index (κ3) is 4.09. The maximum atomic E-state index is 11.7. The first-order valence-corrected chi connectivity index (χ1v) is 8.29. The Kier molecular flexibility index (Phi) is 6.60. The van der Waals surface area contributed by atoms with Crippen molar-refractivity contribution < 1.29 is 4.79 Å². The number of amidine groups is 1. The summed E-state index contributed by atoms with van der Waals surface area (Å²) in [6.45, 7) is 9.70. The van der Waals surface area contributed by atoms with Gasteiger partial charge in [0.15, 0.2) is 0 Å². The lowest BCUT2D eigenvalue weighted by Crippen LogP contribution is -2.63. The lowest BCUT2D eigenvalue weighted by molar-refractivity contribution is -0.120. The molecule has 4 unspecified atom stereocenters. The van der Waals surface area contributed by atoms with Crippen molar-refractivity contribution in [3.8, 4) is 0 Å². The molecule has 0 aliphatic heterocycles. The standard InChI is InChI=1S/C17H32N4O/c1-5-12-8-14(9-15(18)19)17(20,10-12)16(21-11(4)22)13(6-2)7-3/h5,12-14,16H,1,6-10,20H2,2-4H3,(H3,18,19)(H,21,22). The van der Waals surface area contributed by atoms with E-state index in [9.17, 15) is 4.79 Å². The molecular formula is C17H32N4O. The summed E-state index contributed by atoms with van der Waals surface area (Å²) >= 11 is 0. The van der Waals surface area contributed by atoms with Gasteiger partial charge in [0.1, 0.15) is 0 Å². The Labute approximate surface area is 134 Å². The highest BCUT2D eigenvalue weighted by Gasteiger charge is 2.50. The second-order valence-electron chi connectivity index (χ2n) is 6.73. The predicted octanol–water partition coefficient (Wildman–Crippen LogP) is 2.16. The number of amides is 1. The quantitative estimate of drug-likeness (QED) is 0.314. The summed E-state index contributed by atoms with van der Waals surface area (Å²) in [5.74, 6) is 0.860. The van der Waals surface area contributed by atoms with Gasteiger partial charge in [0.2, 0.25) is 5.91 Å². The monoisotopic (exact) mass is 308 g/mol. The molecule has 0 bridgehead atoms. The molecule has 5 nitrogen and oxygen atoms in total. The van der Waals surface area contributed by atoms with E-state index in [2.05, 4.69) is 25.7 Å². The fraction of sp³-hybridized carbons (Fsp3) is 0.765. The molecule has 1 aliphatic carbocycles. The molecule has 6 N–H and O–H groups in total. The Hall–Kier alpha value is -1.36. The van der Waals surface area contributed by atoms with Gasteiger partial charge in [0, 0.05) is 24.9 Å². The van der Waals surface area contributed by atoms with Crippen LogP contribution in [0.2, 0.25) is 0 Å². The average molecular weight is 308 g/mol. The molecule has 0 radical (unpaired) electrons. The molecule has 4 atom stereocenters. The smallest absolute Gasteiger partial charge is 0.217 e. The topological polar surface area (TPSA) is 105 Å². The number of carbonyl (C=O) groups excluding carboxylic acids is 1. The van der Waals surface area contributed by atoms with Crippen molar-refractivity contribution in [2.75, 3.05) is 0 Å². The first-order valence-electron chi connectivity index (χ1n) is 8.29. The van der Waals surface area contributed by atoms with E-state index in [1.165, 1.54) is 0 Å². The molecule has 126 valence electrons. The maximum absolute atomic E-state index is 11.7. The van der Waals surface area contributed by atoms with Crippen LogP contribution in [0.25, 0.3) is 0 Å². The lowest BCUT2D eigenvalue weighted by atomic mass is 9.72. The molecule has 1 rings (SSSR count). The van der Waals surface area contributed by atoms with Crippen LogP contribution >= 0.6 is 0 Å². The molecule has 0 aromatic heterocycles. The molecular weight excluding hydrogens is 276 g/mol. The Morgan fingerprint density at radius 2 is 2.09 bits per heavy atom. The Bertz CT molecular complexity index is 419. The molecule has 0 spiro atoms. The molecule has 0 heterocycles. The van der Waals surface area contributed by atoms with Crippen LogP contribution in [-0.4, -0.2) is 23.3 Å². The third-order valence-corrected chi connectivity index (χ3v) is 5.22. The van der Waals surface area contributed by atoms with Crippen molar-refractivity contribution in [3.05, 3.63) is 12.7 Å². The van der Waals surface area contributed by atoms with Gasteiger partial charge >= 0.3 is 0 Å². The highest BCUT2D eigenvalue weighted by atomic mass is 16.1. The van der Waals surface area contributed by atoms with Crippen molar-refractivity contribution in [1.82, 2.24) is 5.32 Å². The molecule has 0 saturated heterocycles. The molecule has 1 amide bonds. The summed E-state index contributed by atoms with van der Waals surface area (Å²) in [7, 11) is 0. The number of hydrogen-bond acceptors (Lipinski definition) is 3. The van der Waals surface area contributed by atoms with Crippen LogP contribution in [0.4, 0.5) is 0 Å².